The third-order valence-corrected chi connectivity index (χ3v) is 4.27. The number of nitrogens with one attached hydrogen (secondary N) is 2. The Labute approximate surface area is 176 Å². The average molecular weight is 406 g/mol. The van der Waals surface area contributed by atoms with Gasteiger partial charge in [-0.05, 0) is 38.5 Å². The number of aromatic amines is 1. The topological polar surface area (TPSA) is 87.3 Å². The second-order valence-electron chi connectivity index (χ2n) is 7.98. The van der Waals surface area contributed by atoms with E-state index in [1.54, 1.807) is 19.2 Å². The molecule has 7 nitrogen and oxygen atoms in total. The van der Waals surface area contributed by atoms with Crippen LogP contribution in [0.5, 0.6) is 0 Å². The van der Waals surface area contributed by atoms with Crippen LogP contribution in [-0.4, -0.2) is 39.7 Å². The van der Waals surface area contributed by atoms with Gasteiger partial charge in [0.25, 0.3) is 5.91 Å². The smallest absolute Gasteiger partial charge is 0.410 e. The van der Waals surface area contributed by atoms with Crippen molar-refractivity contribution in [2.24, 2.45) is 0 Å². The number of para-hydroxylation sites is 1. The number of ether oxygens (including phenoxy) is 1. The van der Waals surface area contributed by atoms with Crippen LogP contribution in [0.15, 0.2) is 60.7 Å². The van der Waals surface area contributed by atoms with E-state index in [0.717, 1.165) is 11.1 Å². The van der Waals surface area contributed by atoms with Gasteiger partial charge in [0.1, 0.15) is 11.3 Å². The molecule has 2 amide bonds. The van der Waals surface area contributed by atoms with E-state index in [9.17, 15) is 9.59 Å². The van der Waals surface area contributed by atoms with Gasteiger partial charge in [0.15, 0.2) is 0 Å². The van der Waals surface area contributed by atoms with Gasteiger partial charge in [-0.2, -0.15) is 5.10 Å². The van der Waals surface area contributed by atoms with Gasteiger partial charge < -0.3 is 15.0 Å². The second-order valence-corrected chi connectivity index (χ2v) is 7.98. The Morgan fingerprint density at radius 2 is 1.73 bits per heavy atom. The zero-order chi connectivity index (χ0) is 21.7. The average Bonchev–Trinajstić information content (AvgIpc) is 3.19. The van der Waals surface area contributed by atoms with Gasteiger partial charge in [-0.3, -0.25) is 9.89 Å². The molecule has 0 spiro atoms. The van der Waals surface area contributed by atoms with Crippen LogP contribution in [0.3, 0.4) is 0 Å². The standard InChI is InChI=1S/C23H26N4O3/c1-23(2,3)30-22(29)27(4)15-17-12-8-9-13-18(17)24-21(28)20-14-19(25-26-20)16-10-6-5-7-11-16/h5-14H,15H2,1-4H3,(H,24,28)(H,25,26). The predicted octanol–water partition coefficient (Wildman–Crippen LogP) is 4.70. The zero-order valence-corrected chi connectivity index (χ0v) is 17.6. The first-order valence-corrected chi connectivity index (χ1v) is 9.67. The van der Waals surface area contributed by atoms with Gasteiger partial charge in [0.2, 0.25) is 0 Å². The van der Waals surface area contributed by atoms with E-state index >= 15 is 0 Å². The van der Waals surface area contributed by atoms with Crippen molar-refractivity contribution in [3.8, 4) is 11.3 Å². The first kappa shape index (κ1) is 21.1. The van der Waals surface area contributed by atoms with E-state index in [1.807, 2.05) is 69.3 Å². The Morgan fingerprint density at radius 1 is 1.07 bits per heavy atom. The molecule has 0 fully saturated rings. The van der Waals surface area contributed by atoms with E-state index in [-0.39, 0.29) is 5.91 Å². The summed E-state index contributed by atoms with van der Waals surface area (Å²) in [7, 11) is 1.66. The lowest BCUT2D eigenvalue weighted by Gasteiger charge is -2.25. The molecule has 0 radical (unpaired) electrons. The highest BCUT2D eigenvalue weighted by atomic mass is 16.6. The van der Waals surface area contributed by atoms with Crippen molar-refractivity contribution >= 4 is 17.7 Å². The molecule has 1 heterocycles. The molecule has 2 N–H and O–H groups in total. The maximum Gasteiger partial charge on any atom is 0.410 e. The van der Waals surface area contributed by atoms with Crippen molar-refractivity contribution in [2.45, 2.75) is 32.9 Å². The molecule has 30 heavy (non-hydrogen) atoms. The Hall–Kier alpha value is -3.61. The lowest BCUT2D eigenvalue weighted by Crippen LogP contribution is -2.34. The van der Waals surface area contributed by atoms with Crippen molar-refractivity contribution in [1.82, 2.24) is 15.1 Å². The largest absolute Gasteiger partial charge is 0.444 e. The van der Waals surface area contributed by atoms with Gasteiger partial charge in [-0.25, -0.2) is 4.79 Å². The minimum atomic E-state index is -0.573. The Bertz CT molecular complexity index is 1020. The van der Waals surface area contributed by atoms with Crippen LogP contribution in [0.25, 0.3) is 11.3 Å². The third-order valence-electron chi connectivity index (χ3n) is 4.27. The Morgan fingerprint density at radius 3 is 2.43 bits per heavy atom. The minimum Gasteiger partial charge on any atom is -0.444 e. The lowest BCUT2D eigenvalue weighted by atomic mass is 10.1. The molecular weight excluding hydrogens is 380 g/mol. The van der Waals surface area contributed by atoms with Crippen LogP contribution in [-0.2, 0) is 11.3 Å². The highest BCUT2D eigenvalue weighted by Gasteiger charge is 2.21. The van der Waals surface area contributed by atoms with Crippen LogP contribution in [0.1, 0.15) is 36.8 Å². The monoisotopic (exact) mass is 406 g/mol. The highest BCUT2D eigenvalue weighted by molar-refractivity contribution is 6.03. The summed E-state index contributed by atoms with van der Waals surface area (Å²) in [6, 6.07) is 18.7. The molecule has 0 saturated heterocycles. The zero-order valence-electron chi connectivity index (χ0n) is 17.6. The molecule has 0 bridgehead atoms. The number of carbonyl (C=O) groups is 2. The number of rotatable bonds is 5. The van der Waals surface area contributed by atoms with E-state index in [0.29, 0.717) is 23.6 Å². The predicted molar refractivity (Wildman–Crippen MR) is 116 cm³/mol. The van der Waals surface area contributed by atoms with E-state index in [1.165, 1.54) is 4.90 Å². The second kappa shape index (κ2) is 8.82. The number of benzene rings is 2. The van der Waals surface area contributed by atoms with Crippen LogP contribution in [0.2, 0.25) is 0 Å². The van der Waals surface area contributed by atoms with E-state index in [4.69, 9.17) is 4.74 Å². The van der Waals surface area contributed by atoms with Crippen molar-refractivity contribution in [1.29, 1.82) is 0 Å². The van der Waals surface area contributed by atoms with Gasteiger partial charge >= 0.3 is 6.09 Å². The summed E-state index contributed by atoms with van der Waals surface area (Å²) in [6.45, 7) is 5.76. The maximum atomic E-state index is 12.7. The minimum absolute atomic E-state index is 0.295. The Balaban J connectivity index is 1.71. The molecule has 2 aromatic carbocycles. The van der Waals surface area contributed by atoms with Crippen LogP contribution in [0.4, 0.5) is 10.5 Å². The summed E-state index contributed by atoms with van der Waals surface area (Å²) in [4.78, 5) is 26.5. The number of amides is 2. The molecule has 1 aromatic heterocycles. The first-order valence-electron chi connectivity index (χ1n) is 9.67. The van der Waals surface area contributed by atoms with Gasteiger partial charge in [-0.15, -0.1) is 0 Å². The summed E-state index contributed by atoms with van der Waals surface area (Å²) in [6.07, 6.45) is -0.426. The molecule has 0 aliphatic rings. The summed E-state index contributed by atoms with van der Waals surface area (Å²) in [5, 5.41) is 9.90. The molecule has 0 atom stereocenters. The number of hydrogen-bond donors (Lipinski definition) is 2. The number of carbonyl (C=O) groups excluding carboxylic acids is 2. The number of aromatic nitrogens is 2. The molecule has 0 aliphatic carbocycles. The fourth-order valence-corrected chi connectivity index (χ4v) is 2.82. The fourth-order valence-electron chi connectivity index (χ4n) is 2.82. The number of H-pyrrole nitrogens is 1. The van der Waals surface area contributed by atoms with Crippen molar-refractivity contribution in [2.75, 3.05) is 12.4 Å². The number of hydrogen-bond acceptors (Lipinski definition) is 4. The maximum absolute atomic E-state index is 12.7. The molecule has 3 aromatic rings. The van der Waals surface area contributed by atoms with Gasteiger partial charge in [-0.1, -0.05) is 48.5 Å². The lowest BCUT2D eigenvalue weighted by molar-refractivity contribution is 0.0285. The summed E-state index contributed by atoms with van der Waals surface area (Å²) >= 11 is 0. The summed E-state index contributed by atoms with van der Waals surface area (Å²) in [5.41, 5.74) is 2.81. The fraction of sp³-hybridized carbons (Fsp3) is 0.261. The summed E-state index contributed by atoms with van der Waals surface area (Å²) < 4.78 is 5.39. The quantitative estimate of drug-likeness (QED) is 0.643. The first-order chi connectivity index (χ1) is 14.2. The molecule has 0 saturated carbocycles. The van der Waals surface area contributed by atoms with Crippen LogP contribution < -0.4 is 5.32 Å². The van der Waals surface area contributed by atoms with Gasteiger partial charge in [0, 0.05) is 18.3 Å². The van der Waals surface area contributed by atoms with Crippen molar-refractivity contribution in [3.05, 3.63) is 71.9 Å². The van der Waals surface area contributed by atoms with Crippen molar-refractivity contribution in [3.63, 3.8) is 0 Å². The van der Waals surface area contributed by atoms with Crippen LogP contribution >= 0.6 is 0 Å². The molecule has 3 rings (SSSR count). The van der Waals surface area contributed by atoms with Gasteiger partial charge in [0.05, 0.1) is 12.2 Å². The van der Waals surface area contributed by atoms with Crippen LogP contribution in [0, 0.1) is 0 Å². The van der Waals surface area contributed by atoms with Crippen molar-refractivity contribution < 1.29 is 14.3 Å². The molecule has 0 aliphatic heterocycles. The normalized spacial score (nSPS) is 11.1. The highest BCUT2D eigenvalue weighted by Crippen LogP contribution is 2.21. The molecule has 156 valence electrons. The third kappa shape index (κ3) is 5.47. The SMILES string of the molecule is CN(Cc1ccccc1NC(=O)c1cc(-c2ccccc2)n[nH]1)C(=O)OC(C)(C)C. The van der Waals surface area contributed by atoms with E-state index in [2.05, 4.69) is 15.5 Å². The van der Waals surface area contributed by atoms with E-state index < -0.39 is 11.7 Å². The number of nitrogens with zero attached hydrogens (tertiary/aromatic N) is 2. The number of anilines is 1. The molecule has 0 unspecified atom stereocenters. The Kier molecular flexibility index (Phi) is 6.20. The summed E-state index contributed by atoms with van der Waals surface area (Å²) in [5.74, 6) is -0.308. The molecule has 7 heteroatoms. The molecular formula is C23H26N4O3.